The fraction of sp³-hybridized carbons (Fsp3) is 0.500. The highest BCUT2D eigenvalue weighted by Crippen LogP contribution is 2.49. The smallest absolute Gasteiger partial charge is 0.230 e. The minimum atomic E-state index is -0.118. The molecule has 0 heterocycles. The number of allylic oxidation sites excluding steroid dienone is 1. The Hall–Kier alpha value is -1.90. The second kappa shape index (κ2) is 7.12. The summed E-state index contributed by atoms with van der Waals surface area (Å²) in [5.74, 6) is -0.118. The zero-order chi connectivity index (χ0) is 17.8. The van der Waals surface area contributed by atoms with Gasteiger partial charge in [-0.05, 0) is 54.4 Å². The highest BCUT2D eigenvalue weighted by Gasteiger charge is 2.41. The molecule has 0 atom stereocenters. The summed E-state index contributed by atoms with van der Waals surface area (Å²) in [6, 6.07) is 6.21. The number of fused-ring (bicyclic) bond motifs is 1. The van der Waals surface area contributed by atoms with Crippen molar-refractivity contribution in [3.63, 3.8) is 0 Å². The van der Waals surface area contributed by atoms with E-state index in [-0.39, 0.29) is 23.2 Å². The molecule has 0 saturated carbocycles. The number of anilines is 1. The third kappa shape index (κ3) is 4.78. The summed E-state index contributed by atoms with van der Waals surface area (Å²) in [6.07, 6.45) is 3.03. The lowest BCUT2D eigenvalue weighted by Crippen LogP contribution is -2.18. The van der Waals surface area contributed by atoms with Crippen molar-refractivity contribution in [2.24, 2.45) is 0 Å². The van der Waals surface area contributed by atoms with Gasteiger partial charge in [-0.15, -0.1) is 6.58 Å². The van der Waals surface area contributed by atoms with Crippen molar-refractivity contribution in [3.8, 4) is 0 Å². The Morgan fingerprint density at radius 2 is 1.78 bits per heavy atom. The number of hydrogen-bond acceptors (Lipinski definition) is 2. The van der Waals surface area contributed by atoms with Gasteiger partial charge in [0.2, 0.25) is 5.91 Å². The lowest BCUT2D eigenvalue weighted by Gasteiger charge is -2.22. The van der Waals surface area contributed by atoms with Gasteiger partial charge in [0, 0.05) is 11.4 Å². The molecule has 0 spiro atoms. The van der Waals surface area contributed by atoms with Gasteiger partial charge in [-0.2, -0.15) is 0 Å². The maximum Gasteiger partial charge on any atom is 0.230 e. The first-order chi connectivity index (χ1) is 10.5. The SMILES string of the molecule is C=CC.CC(=N)CC(=O)Nc1ccc2c(c1)C(C)(C)CC2(C)C. The Bertz CT molecular complexity index is 612. The summed E-state index contributed by atoms with van der Waals surface area (Å²) >= 11 is 0. The van der Waals surface area contributed by atoms with E-state index in [1.807, 2.05) is 13.0 Å². The highest BCUT2D eigenvalue weighted by molar-refractivity contribution is 6.04. The Morgan fingerprint density at radius 1 is 1.26 bits per heavy atom. The highest BCUT2D eigenvalue weighted by atomic mass is 16.1. The van der Waals surface area contributed by atoms with Crippen LogP contribution in [0.5, 0.6) is 0 Å². The van der Waals surface area contributed by atoms with Gasteiger partial charge >= 0.3 is 0 Å². The van der Waals surface area contributed by atoms with E-state index in [4.69, 9.17) is 5.41 Å². The molecule has 0 aromatic heterocycles. The lowest BCUT2D eigenvalue weighted by molar-refractivity contribution is -0.115. The van der Waals surface area contributed by atoms with Crippen LogP contribution in [0.25, 0.3) is 0 Å². The van der Waals surface area contributed by atoms with Crippen molar-refractivity contribution in [2.75, 3.05) is 5.32 Å². The summed E-state index contributed by atoms with van der Waals surface area (Å²) < 4.78 is 0. The fourth-order valence-corrected chi connectivity index (χ4v) is 3.51. The predicted molar refractivity (Wildman–Crippen MR) is 99.6 cm³/mol. The van der Waals surface area contributed by atoms with E-state index in [1.165, 1.54) is 11.1 Å². The molecule has 2 N–H and O–H groups in total. The first-order valence-electron chi connectivity index (χ1n) is 8.09. The minimum Gasteiger partial charge on any atom is -0.326 e. The Kier molecular flexibility index (Phi) is 5.92. The molecule has 0 radical (unpaired) electrons. The van der Waals surface area contributed by atoms with Gasteiger partial charge in [-0.1, -0.05) is 39.8 Å². The molecule has 1 aliphatic rings. The van der Waals surface area contributed by atoms with Gasteiger partial charge in [0.15, 0.2) is 0 Å². The largest absolute Gasteiger partial charge is 0.326 e. The molecule has 0 bridgehead atoms. The van der Waals surface area contributed by atoms with Crippen LogP contribution in [0.2, 0.25) is 0 Å². The van der Waals surface area contributed by atoms with Crippen molar-refractivity contribution < 1.29 is 4.79 Å². The van der Waals surface area contributed by atoms with Crippen LogP contribution < -0.4 is 5.32 Å². The molecular formula is C20H30N2O. The van der Waals surface area contributed by atoms with Gasteiger partial charge < -0.3 is 10.7 Å². The maximum atomic E-state index is 11.8. The Balaban J connectivity index is 0.000000816. The van der Waals surface area contributed by atoms with Gasteiger partial charge in [0.25, 0.3) is 0 Å². The van der Waals surface area contributed by atoms with E-state index in [9.17, 15) is 4.79 Å². The van der Waals surface area contributed by atoms with Gasteiger partial charge in [-0.3, -0.25) is 4.79 Å². The van der Waals surface area contributed by atoms with Crippen LogP contribution in [0.4, 0.5) is 5.69 Å². The number of carbonyl (C=O) groups is 1. The van der Waals surface area contributed by atoms with Crippen LogP contribution in [0, 0.1) is 5.41 Å². The van der Waals surface area contributed by atoms with Crippen molar-refractivity contribution in [1.29, 1.82) is 5.41 Å². The summed E-state index contributed by atoms with van der Waals surface area (Å²) in [6.45, 7) is 16.0. The molecule has 1 amide bonds. The molecule has 2 rings (SSSR count). The molecule has 23 heavy (non-hydrogen) atoms. The normalized spacial score (nSPS) is 16.6. The van der Waals surface area contributed by atoms with Crippen molar-refractivity contribution in [1.82, 2.24) is 0 Å². The molecule has 0 fully saturated rings. The second-order valence-corrected chi connectivity index (χ2v) is 7.62. The zero-order valence-electron chi connectivity index (χ0n) is 15.3. The molecule has 3 nitrogen and oxygen atoms in total. The van der Waals surface area contributed by atoms with Gasteiger partial charge in [-0.25, -0.2) is 0 Å². The average molecular weight is 314 g/mol. The number of nitrogens with one attached hydrogen (secondary N) is 2. The van der Waals surface area contributed by atoms with Crippen molar-refractivity contribution in [2.45, 2.75) is 65.2 Å². The number of rotatable bonds is 3. The number of carbonyl (C=O) groups excluding carboxylic acids is 1. The van der Waals surface area contributed by atoms with E-state index in [0.29, 0.717) is 5.71 Å². The standard InChI is InChI=1S/C17H24N2O.C3H6/c1-11(18)8-15(20)19-12-6-7-13-14(9-12)17(4,5)10-16(13,2)3;1-3-2/h6-7,9,18H,8,10H2,1-5H3,(H,19,20);3H,1H2,2H3. The molecule has 126 valence electrons. The summed E-state index contributed by atoms with van der Waals surface area (Å²) in [5.41, 5.74) is 4.24. The average Bonchev–Trinajstić information content (AvgIpc) is 2.54. The molecular weight excluding hydrogens is 284 g/mol. The van der Waals surface area contributed by atoms with E-state index in [0.717, 1.165) is 12.1 Å². The lowest BCUT2D eigenvalue weighted by atomic mass is 9.82. The fourth-order valence-electron chi connectivity index (χ4n) is 3.51. The summed E-state index contributed by atoms with van der Waals surface area (Å²) in [4.78, 5) is 11.8. The molecule has 1 aromatic carbocycles. The van der Waals surface area contributed by atoms with E-state index in [1.54, 1.807) is 13.0 Å². The van der Waals surface area contributed by atoms with Crippen LogP contribution in [-0.4, -0.2) is 11.6 Å². The number of amides is 1. The molecule has 0 unspecified atom stereocenters. The van der Waals surface area contributed by atoms with Crippen molar-refractivity contribution >= 4 is 17.3 Å². The third-order valence-electron chi connectivity index (χ3n) is 4.07. The summed E-state index contributed by atoms with van der Waals surface area (Å²) in [7, 11) is 0. The Labute approximate surface area is 140 Å². The molecule has 3 heteroatoms. The quantitative estimate of drug-likeness (QED) is 0.584. The first kappa shape index (κ1) is 19.1. The summed E-state index contributed by atoms with van der Waals surface area (Å²) in [5, 5.41) is 10.3. The third-order valence-corrected chi connectivity index (χ3v) is 4.07. The van der Waals surface area contributed by atoms with E-state index < -0.39 is 0 Å². The first-order valence-corrected chi connectivity index (χ1v) is 8.09. The maximum absolute atomic E-state index is 11.8. The van der Waals surface area contributed by atoms with Gasteiger partial charge in [0.05, 0.1) is 6.42 Å². The van der Waals surface area contributed by atoms with Crippen molar-refractivity contribution in [3.05, 3.63) is 42.0 Å². The Morgan fingerprint density at radius 3 is 2.30 bits per heavy atom. The van der Waals surface area contributed by atoms with Crippen LogP contribution in [0.15, 0.2) is 30.9 Å². The zero-order valence-corrected chi connectivity index (χ0v) is 15.3. The van der Waals surface area contributed by atoms with Crippen LogP contribution >= 0.6 is 0 Å². The predicted octanol–water partition coefficient (Wildman–Crippen LogP) is 5.21. The second-order valence-electron chi connectivity index (χ2n) is 7.62. The molecule has 0 aliphatic heterocycles. The number of hydrogen-bond donors (Lipinski definition) is 2. The molecule has 0 saturated heterocycles. The van der Waals surface area contributed by atoms with Gasteiger partial charge in [0.1, 0.15) is 0 Å². The van der Waals surface area contributed by atoms with Crippen LogP contribution in [-0.2, 0) is 15.6 Å². The molecule has 1 aliphatic carbocycles. The van der Waals surface area contributed by atoms with E-state index in [2.05, 4.69) is 51.7 Å². The topological polar surface area (TPSA) is 53.0 Å². The number of benzene rings is 1. The van der Waals surface area contributed by atoms with Crippen LogP contribution in [0.3, 0.4) is 0 Å². The van der Waals surface area contributed by atoms with E-state index >= 15 is 0 Å². The van der Waals surface area contributed by atoms with Crippen LogP contribution in [0.1, 0.15) is 65.5 Å². The monoisotopic (exact) mass is 314 g/mol. The minimum absolute atomic E-state index is 0.118. The molecule has 1 aromatic rings.